The van der Waals surface area contributed by atoms with Gasteiger partial charge < -0.3 is 10.0 Å². The third kappa shape index (κ3) is 3.90. The standard InChI is InChI=1S/C15H26N4O/c1-12(2)15-16-13(3)11-14(17-15)19-8-6-18(7-9-19)5-4-10-20/h11-12,20H,4-10H2,1-3H3. The van der Waals surface area contributed by atoms with Crippen LogP contribution in [-0.2, 0) is 0 Å². The molecule has 2 rings (SSSR count). The molecule has 0 atom stereocenters. The predicted octanol–water partition coefficient (Wildman–Crippen LogP) is 1.41. The number of aromatic nitrogens is 2. The van der Waals surface area contributed by atoms with Crippen LogP contribution in [0.4, 0.5) is 5.82 Å². The lowest BCUT2D eigenvalue weighted by Gasteiger charge is -2.35. The highest BCUT2D eigenvalue weighted by atomic mass is 16.3. The Hall–Kier alpha value is -1.20. The number of hydrogen-bond acceptors (Lipinski definition) is 5. The zero-order valence-electron chi connectivity index (χ0n) is 12.8. The maximum atomic E-state index is 8.89. The third-order valence-electron chi connectivity index (χ3n) is 3.70. The number of aryl methyl sites for hydroxylation is 1. The Morgan fingerprint density at radius 2 is 1.90 bits per heavy atom. The SMILES string of the molecule is Cc1cc(N2CCN(CCCO)CC2)nc(C(C)C)n1. The Morgan fingerprint density at radius 3 is 2.50 bits per heavy atom. The second kappa shape index (κ2) is 6.99. The van der Waals surface area contributed by atoms with Gasteiger partial charge in [-0.1, -0.05) is 13.8 Å². The first-order chi connectivity index (χ1) is 9.60. The first-order valence-corrected chi connectivity index (χ1v) is 7.54. The van der Waals surface area contributed by atoms with Gasteiger partial charge in [-0.2, -0.15) is 0 Å². The summed E-state index contributed by atoms with van der Waals surface area (Å²) in [6, 6.07) is 2.08. The zero-order chi connectivity index (χ0) is 14.5. The van der Waals surface area contributed by atoms with E-state index in [9.17, 15) is 0 Å². The van der Waals surface area contributed by atoms with Gasteiger partial charge in [-0.05, 0) is 13.3 Å². The van der Waals surface area contributed by atoms with E-state index in [0.717, 1.165) is 56.5 Å². The number of nitrogens with zero attached hydrogens (tertiary/aromatic N) is 4. The molecular formula is C15H26N4O. The average molecular weight is 278 g/mol. The first-order valence-electron chi connectivity index (χ1n) is 7.54. The molecule has 0 saturated carbocycles. The Balaban J connectivity index is 1.99. The topological polar surface area (TPSA) is 52.5 Å². The number of hydrogen-bond donors (Lipinski definition) is 1. The molecule has 1 aliphatic rings. The Kier molecular flexibility index (Phi) is 5.31. The summed E-state index contributed by atoms with van der Waals surface area (Å²) in [5.74, 6) is 2.35. The van der Waals surface area contributed by atoms with E-state index < -0.39 is 0 Å². The molecule has 5 nitrogen and oxygen atoms in total. The molecule has 1 fully saturated rings. The van der Waals surface area contributed by atoms with Crippen LogP contribution in [0.25, 0.3) is 0 Å². The van der Waals surface area contributed by atoms with E-state index in [4.69, 9.17) is 10.1 Å². The van der Waals surface area contributed by atoms with Crippen LogP contribution in [0.15, 0.2) is 6.07 Å². The summed E-state index contributed by atoms with van der Waals surface area (Å²) in [6.45, 7) is 11.7. The number of piperazine rings is 1. The molecule has 1 aliphatic heterocycles. The highest BCUT2D eigenvalue weighted by Gasteiger charge is 2.18. The van der Waals surface area contributed by atoms with Crippen molar-refractivity contribution in [1.82, 2.24) is 14.9 Å². The summed E-state index contributed by atoms with van der Waals surface area (Å²) in [6.07, 6.45) is 0.865. The largest absolute Gasteiger partial charge is 0.396 e. The van der Waals surface area contributed by atoms with Gasteiger partial charge in [0.25, 0.3) is 0 Å². The van der Waals surface area contributed by atoms with Crippen molar-refractivity contribution < 1.29 is 5.11 Å². The lowest BCUT2D eigenvalue weighted by Crippen LogP contribution is -2.47. The second-order valence-electron chi connectivity index (χ2n) is 5.79. The van der Waals surface area contributed by atoms with Crippen molar-refractivity contribution in [2.24, 2.45) is 0 Å². The number of aliphatic hydroxyl groups excluding tert-OH is 1. The maximum Gasteiger partial charge on any atom is 0.133 e. The molecule has 1 aromatic rings. The highest BCUT2D eigenvalue weighted by Crippen LogP contribution is 2.18. The smallest absolute Gasteiger partial charge is 0.133 e. The van der Waals surface area contributed by atoms with E-state index in [-0.39, 0.29) is 6.61 Å². The monoisotopic (exact) mass is 278 g/mol. The molecule has 1 N–H and O–H groups in total. The van der Waals surface area contributed by atoms with E-state index in [2.05, 4.69) is 34.7 Å². The molecule has 1 aromatic heterocycles. The highest BCUT2D eigenvalue weighted by molar-refractivity contribution is 5.40. The molecule has 0 amide bonds. The predicted molar refractivity (Wildman–Crippen MR) is 81.2 cm³/mol. The summed E-state index contributed by atoms with van der Waals surface area (Å²) in [7, 11) is 0. The van der Waals surface area contributed by atoms with Crippen LogP contribution in [0.3, 0.4) is 0 Å². The average Bonchev–Trinajstić information content (AvgIpc) is 2.45. The summed E-state index contributed by atoms with van der Waals surface area (Å²) < 4.78 is 0. The lowest BCUT2D eigenvalue weighted by molar-refractivity contribution is 0.215. The minimum absolute atomic E-state index is 0.281. The van der Waals surface area contributed by atoms with Gasteiger partial charge in [0.2, 0.25) is 0 Å². The van der Waals surface area contributed by atoms with Crippen LogP contribution in [0.5, 0.6) is 0 Å². The van der Waals surface area contributed by atoms with E-state index in [1.165, 1.54) is 0 Å². The molecular weight excluding hydrogens is 252 g/mol. The van der Waals surface area contributed by atoms with Crippen molar-refractivity contribution in [3.63, 3.8) is 0 Å². The van der Waals surface area contributed by atoms with Crippen LogP contribution in [0.1, 0.15) is 37.7 Å². The van der Waals surface area contributed by atoms with Crippen molar-refractivity contribution in [2.45, 2.75) is 33.1 Å². The maximum absolute atomic E-state index is 8.89. The first kappa shape index (κ1) is 15.2. The summed E-state index contributed by atoms with van der Waals surface area (Å²) in [5.41, 5.74) is 1.04. The molecule has 0 radical (unpaired) electrons. The molecule has 5 heteroatoms. The molecule has 0 aromatic carbocycles. The quantitative estimate of drug-likeness (QED) is 0.882. The van der Waals surface area contributed by atoms with Gasteiger partial charge in [0.05, 0.1) is 0 Å². The molecule has 20 heavy (non-hydrogen) atoms. The lowest BCUT2D eigenvalue weighted by atomic mass is 10.2. The molecule has 1 saturated heterocycles. The van der Waals surface area contributed by atoms with Gasteiger partial charge in [0, 0.05) is 57.0 Å². The molecule has 112 valence electrons. The van der Waals surface area contributed by atoms with Crippen LogP contribution in [-0.4, -0.2) is 59.3 Å². The molecule has 0 spiro atoms. The Morgan fingerprint density at radius 1 is 1.20 bits per heavy atom. The normalized spacial score (nSPS) is 16.9. The van der Waals surface area contributed by atoms with Crippen molar-refractivity contribution in [3.05, 3.63) is 17.6 Å². The fourth-order valence-corrected chi connectivity index (χ4v) is 2.49. The minimum atomic E-state index is 0.281. The number of rotatable bonds is 5. The van der Waals surface area contributed by atoms with Gasteiger partial charge in [-0.3, -0.25) is 4.90 Å². The summed E-state index contributed by atoms with van der Waals surface area (Å²) >= 11 is 0. The fraction of sp³-hybridized carbons (Fsp3) is 0.733. The Bertz CT molecular complexity index is 428. The van der Waals surface area contributed by atoms with Crippen LogP contribution in [0.2, 0.25) is 0 Å². The van der Waals surface area contributed by atoms with E-state index >= 15 is 0 Å². The van der Waals surface area contributed by atoms with Crippen molar-refractivity contribution in [1.29, 1.82) is 0 Å². The second-order valence-corrected chi connectivity index (χ2v) is 5.79. The zero-order valence-corrected chi connectivity index (χ0v) is 12.8. The van der Waals surface area contributed by atoms with Crippen molar-refractivity contribution in [3.8, 4) is 0 Å². The summed E-state index contributed by atoms with van der Waals surface area (Å²) in [4.78, 5) is 14.0. The number of aliphatic hydroxyl groups is 1. The van der Waals surface area contributed by atoms with Crippen LogP contribution >= 0.6 is 0 Å². The third-order valence-corrected chi connectivity index (χ3v) is 3.70. The van der Waals surface area contributed by atoms with Crippen molar-refractivity contribution in [2.75, 3.05) is 44.2 Å². The van der Waals surface area contributed by atoms with E-state index in [1.54, 1.807) is 0 Å². The van der Waals surface area contributed by atoms with E-state index in [1.807, 2.05) is 6.92 Å². The van der Waals surface area contributed by atoms with Gasteiger partial charge in [-0.15, -0.1) is 0 Å². The Labute approximate surface area is 121 Å². The minimum Gasteiger partial charge on any atom is -0.396 e. The van der Waals surface area contributed by atoms with Crippen LogP contribution in [0, 0.1) is 6.92 Å². The van der Waals surface area contributed by atoms with Gasteiger partial charge in [0.1, 0.15) is 11.6 Å². The van der Waals surface area contributed by atoms with Gasteiger partial charge in [-0.25, -0.2) is 9.97 Å². The van der Waals surface area contributed by atoms with Crippen molar-refractivity contribution >= 4 is 5.82 Å². The fourth-order valence-electron chi connectivity index (χ4n) is 2.49. The molecule has 0 bridgehead atoms. The molecule has 0 aliphatic carbocycles. The van der Waals surface area contributed by atoms with Crippen LogP contribution < -0.4 is 4.90 Å². The molecule has 2 heterocycles. The number of anilines is 1. The van der Waals surface area contributed by atoms with Gasteiger partial charge >= 0.3 is 0 Å². The van der Waals surface area contributed by atoms with E-state index in [0.29, 0.717) is 5.92 Å². The van der Waals surface area contributed by atoms with Gasteiger partial charge in [0.15, 0.2) is 0 Å². The summed E-state index contributed by atoms with van der Waals surface area (Å²) in [5, 5.41) is 8.89. The molecule has 0 unspecified atom stereocenters.